The lowest BCUT2D eigenvalue weighted by Gasteiger charge is -2.04. The minimum Gasteiger partial charge on any atom is -0.0795 e. The van der Waals surface area contributed by atoms with Gasteiger partial charge in [0, 0.05) is 0 Å². The molecule has 0 aliphatic heterocycles. The van der Waals surface area contributed by atoms with E-state index in [1.807, 2.05) is 0 Å². The lowest BCUT2D eigenvalue weighted by molar-refractivity contribution is 1.28. The SMILES string of the molecule is C1=CC2=CC=C2C1. The van der Waals surface area contributed by atoms with Crippen LogP contribution in [0.15, 0.2) is 35.5 Å². The average molecular weight is 90.1 g/mol. The van der Waals surface area contributed by atoms with Crippen molar-refractivity contribution in [2.24, 2.45) is 0 Å². The van der Waals surface area contributed by atoms with Crippen molar-refractivity contribution in [2.75, 3.05) is 0 Å². The third kappa shape index (κ3) is 0.268. The third-order valence-electron chi connectivity index (χ3n) is 1.47. The van der Waals surface area contributed by atoms with E-state index in [9.17, 15) is 0 Å². The molecule has 0 saturated heterocycles. The maximum atomic E-state index is 2.20. The van der Waals surface area contributed by atoms with Gasteiger partial charge in [-0.2, -0.15) is 0 Å². The second-order valence-corrected chi connectivity index (χ2v) is 1.92. The monoisotopic (exact) mass is 90.0 g/mol. The van der Waals surface area contributed by atoms with Crippen molar-refractivity contribution in [1.82, 2.24) is 0 Å². The van der Waals surface area contributed by atoms with E-state index < -0.39 is 0 Å². The van der Waals surface area contributed by atoms with Crippen LogP contribution in [0.3, 0.4) is 0 Å². The van der Waals surface area contributed by atoms with Crippen molar-refractivity contribution in [3.63, 3.8) is 0 Å². The van der Waals surface area contributed by atoms with Crippen molar-refractivity contribution < 1.29 is 0 Å². The summed E-state index contributed by atoms with van der Waals surface area (Å²) >= 11 is 0. The molecule has 2 aliphatic rings. The molecule has 0 N–H and O–H groups in total. The fraction of sp³-hybridized carbons (Fsp3) is 0.143. The molecule has 0 unspecified atom stereocenters. The first-order chi connectivity index (χ1) is 3.47. The van der Waals surface area contributed by atoms with Crippen LogP contribution in [0.2, 0.25) is 0 Å². The maximum absolute atomic E-state index is 2.20. The second-order valence-electron chi connectivity index (χ2n) is 1.92. The fourth-order valence-electron chi connectivity index (χ4n) is 0.959. The van der Waals surface area contributed by atoms with Gasteiger partial charge in [-0.05, 0) is 17.6 Å². The molecule has 0 fully saturated rings. The average Bonchev–Trinajstić information content (AvgIpc) is 1.85. The standard InChI is InChI=1S/C7H6/c1-2-6-4-5-7(6)3-1/h1-2,4-5H,3H2. The van der Waals surface area contributed by atoms with E-state index in [0.717, 1.165) is 0 Å². The molecule has 0 amide bonds. The Hall–Kier alpha value is -0.780. The highest BCUT2D eigenvalue weighted by Crippen LogP contribution is 2.29. The van der Waals surface area contributed by atoms with Crippen molar-refractivity contribution in [3.8, 4) is 0 Å². The number of rotatable bonds is 0. The molecule has 0 nitrogen and oxygen atoms in total. The molecule has 0 heterocycles. The van der Waals surface area contributed by atoms with Crippen LogP contribution < -0.4 is 0 Å². The smallest absolute Gasteiger partial charge is 0.00882 e. The quantitative estimate of drug-likeness (QED) is 0.425. The van der Waals surface area contributed by atoms with Gasteiger partial charge in [-0.25, -0.2) is 0 Å². The fourth-order valence-corrected chi connectivity index (χ4v) is 0.959. The summed E-state index contributed by atoms with van der Waals surface area (Å²) in [6.07, 6.45) is 9.88. The molecular formula is C7H6. The summed E-state index contributed by atoms with van der Waals surface area (Å²) in [5.41, 5.74) is 2.96. The topological polar surface area (TPSA) is 0 Å². The Kier molecular flexibility index (Phi) is 0.413. The molecule has 0 radical (unpaired) electrons. The number of hydrogen-bond acceptors (Lipinski definition) is 0. The van der Waals surface area contributed by atoms with Crippen LogP contribution in [0, 0.1) is 0 Å². The molecular weight excluding hydrogens is 84.1 g/mol. The maximum Gasteiger partial charge on any atom is -0.00882 e. The Bertz CT molecular complexity index is 177. The van der Waals surface area contributed by atoms with Gasteiger partial charge in [-0.3, -0.25) is 0 Å². The van der Waals surface area contributed by atoms with Crippen molar-refractivity contribution >= 4 is 0 Å². The highest BCUT2D eigenvalue weighted by Gasteiger charge is 2.10. The van der Waals surface area contributed by atoms with Crippen molar-refractivity contribution in [2.45, 2.75) is 6.42 Å². The zero-order valence-electron chi connectivity index (χ0n) is 4.02. The first-order valence-corrected chi connectivity index (χ1v) is 2.54. The van der Waals surface area contributed by atoms with Crippen molar-refractivity contribution in [1.29, 1.82) is 0 Å². The van der Waals surface area contributed by atoms with Crippen molar-refractivity contribution in [3.05, 3.63) is 35.5 Å². The van der Waals surface area contributed by atoms with Gasteiger partial charge in [-0.1, -0.05) is 24.3 Å². The van der Waals surface area contributed by atoms with E-state index in [0.29, 0.717) is 0 Å². The Morgan fingerprint density at radius 1 is 1.29 bits per heavy atom. The minimum atomic E-state index is 1.17. The molecule has 0 bridgehead atoms. The van der Waals surface area contributed by atoms with Gasteiger partial charge in [0.1, 0.15) is 0 Å². The minimum absolute atomic E-state index is 1.17. The molecule has 7 heavy (non-hydrogen) atoms. The zero-order valence-corrected chi connectivity index (χ0v) is 4.02. The van der Waals surface area contributed by atoms with Gasteiger partial charge in [0.05, 0.1) is 0 Å². The molecule has 2 aliphatic carbocycles. The van der Waals surface area contributed by atoms with Crippen LogP contribution in [0.5, 0.6) is 0 Å². The van der Waals surface area contributed by atoms with Gasteiger partial charge >= 0.3 is 0 Å². The van der Waals surface area contributed by atoms with Crippen LogP contribution in [-0.4, -0.2) is 0 Å². The number of fused-ring (bicyclic) bond motifs is 1. The highest BCUT2D eigenvalue weighted by molar-refractivity contribution is 5.56. The van der Waals surface area contributed by atoms with Crippen LogP contribution in [-0.2, 0) is 0 Å². The largest absolute Gasteiger partial charge is 0.0795 e. The predicted octanol–water partition coefficient (Wildman–Crippen LogP) is 1.81. The molecule has 0 heteroatoms. The van der Waals surface area contributed by atoms with E-state index >= 15 is 0 Å². The van der Waals surface area contributed by atoms with Crippen LogP contribution in [0.1, 0.15) is 6.42 Å². The van der Waals surface area contributed by atoms with E-state index in [-0.39, 0.29) is 0 Å². The molecule has 0 saturated carbocycles. The van der Waals surface area contributed by atoms with E-state index in [1.165, 1.54) is 17.6 Å². The second kappa shape index (κ2) is 0.890. The van der Waals surface area contributed by atoms with Crippen LogP contribution in [0.25, 0.3) is 0 Å². The molecule has 2 rings (SSSR count). The van der Waals surface area contributed by atoms with Gasteiger partial charge in [0.15, 0.2) is 0 Å². The lowest BCUT2D eigenvalue weighted by atomic mass is 10.0. The summed E-state index contributed by atoms with van der Waals surface area (Å²) in [5, 5.41) is 0. The lowest BCUT2D eigenvalue weighted by Crippen LogP contribution is -1.85. The molecule has 0 aromatic heterocycles. The third-order valence-corrected chi connectivity index (χ3v) is 1.47. The van der Waals surface area contributed by atoms with Gasteiger partial charge in [0.2, 0.25) is 0 Å². The molecule has 0 atom stereocenters. The summed E-state index contributed by atoms with van der Waals surface area (Å²) in [5.74, 6) is 0. The van der Waals surface area contributed by atoms with E-state index in [1.54, 1.807) is 0 Å². The van der Waals surface area contributed by atoms with Gasteiger partial charge in [-0.15, -0.1) is 0 Å². The molecule has 34 valence electrons. The summed E-state index contributed by atoms with van der Waals surface area (Å²) < 4.78 is 0. The van der Waals surface area contributed by atoms with Gasteiger partial charge in [0.25, 0.3) is 0 Å². The van der Waals surface area contributed by atoms with E-state index in [2.05, 4.69) is 24.3 Å². The number of hydrogen-bond donors (Lipinski definition) is 0. The predicted molar refractivity (Wildman–Crippen MR) is 29.9 cm³/mol. The first-order valence-electron chi connectivity index (χ1n) is 2.54. The summed E-state index contributed by atoms with van der Waals surface area (Å²) in [7, 11) is 0. The normalized spacial score (nSPS) is 22.9. The van der Waals surface area contributed by atoms with E-state index in [4.69, 9.17) is 0 Å². The Labute approximate surface area is 42.8 Å². The Balaban J connectivity index is 2.46. The Morgan fingerprint density at radius 2 is 2.29 bits per heavy atom. The van der Waals surface area contributed by atoms with Gasteiger partial charge < -0.3 is 0 Å². The zero-order chi connectivity index (χ0) is 4.69. The summed E-state index contributed by atoms with van der Waals surface area (Å²) in [6, 6.07) is 0. The molecule has 0 spiro atoms. The Morgan fingerprint density at radius 3 is 2.57 bits per heavy atom. The highest BCUT2D eigenvalue weighted by atomic mass is 14.1. The van der Waals surface area contributed by atoms with Crippen LogP contribution in [0.4, 0.5) is 0 Å². The summed E-state index contributed by atoms with van der Waals surface area (Å²) in [4.78, 5) is 0. The molecule has 0 aromatic rings. The summed E-state index contributed by atoms with van der Waals surface area (Å²) in [6.45, 7) is 0. The first kappa shape index (κ1) is 3.25. The molecule has 0 aromatic carbocycles. The number of allylic oxidation sites excluding steroid dienone is 6. The van der Waals surface area contributed by atoms with Crippen LogP contribution >= 0.6 is 0 Å².